The van der Waals surface area contributed by atoms with Gasteiger partial charge in [-0.25, -0.2) is 4.79 Å². The number of amides is 1. The number of hydrogen-bond donors (Lipinski definition) is 1. The lowest BCUT2D eigenvalue weighted by atomic mass is 10.1. The first-order chi connectivity index (χ1) is 10.3. The standard InChI is InChI=1S/C18H19NO2/c20-18(19-16-10-4-5-11-16)21-17-12-6-9-15(13-17)14-7-2-1-3-8-14/h1-3,6-9,12-13,16H,4-5,10-11H2,(H,19,20). The topological polar surface area (TPSA) is 38.3 Å². The highest BCUT2D eigenvalue weighted by molar-refractivity contribution is 5.72. The lowest BCUT2D eigenvalue weighted by molar-refractivity contribution is 0.196. The van der Waals surface area contributed by atoms with Gasteiger partial charge in [0.25, 0.3) is 0 Å². The van der Waals surface area contributed by atoms with Gasteiger partial charge in [0.15, 0.2) is 0 Å². The zero-order valence-electron chi connectivity index (χ0n) is 11.9. The van der Waals surface area contributed by atoms with Gasteiger partial charge in [0.2, 0.25) is 0 Å². The van der Waals surface area contributed by atoms with Crippen LogP contribution in [-0.4, -0.2) is 12.1 Å². The Bertz CT molecular complexity index is 604. The van der Waals surface area contributed by atoms with Crippen molar-refractivity contribution in [2.24, 2.45) is 0 Å². The van der Waals surface area contributed by atoms with Crippen LogP contribution in [0.1, 0.15) is 25.7 Å². The van der Waals surface area contributed by atoms with E-state index in [0.717, 1.165) is 24.0 Å². The highest BCUT2D eigenvalue weighted by Crippen LogP contribution is 2.24. The number of benzene rings is 2. The van der Waals surface area contributed by atoms with Crippen LogP contribution in [0.3, 0.4) is 0 Å². The lowest BCUT2D eigenvalue weighted by Crippen LogP contribution is -2.34. The third-order valence-corrected chi connectivity index (χ3v) is 3.83. The van der Waals surface area contributed by atoms with Crippen LogP contribution in [-0.2, 0) is 0 Å². The van der Waals surface area contributed by atoms with E-state index in [1.807, 2.05) is 48.5 Å². The van der Waals surface area contributed by atoms with Crippen molar-refractivity contribution in [3.8, 4) is 16.9 Å². The second-order valence-electron chi connectivity index (χ2n) is 5.41. The summed E-state index contributed by atoms with van der Waals surface area (Å²) in [5.74, 6) is 0.576. The SMILES string of the molecule is O=C(NC1CCCC1)Oc1cccc(-c2ccccc2)c1. The Morgan fingerprint density at radius 3 is 2.43 bits per heavy atom. The number of nitrogens with one attached hydrogen (secondary N) is 1. The molecule has 1 aliphatic rings. The van der Waals surface area contributed by atoms with E-state index < -0.39 is 0 Å². The largest absolute Gasteiger partial charge is 0.412 e. The molecule has 0 saturated heterocycles. The molecule has 1 amide bonds. The molecule has 2 aromatic carbocycles. The molecule has 0 aliphatic heterocycles. The summed E-state index contributed by atoms with van der Waals surface area (Å²) in [6, 6.07) is 17.9. The number of hydrogen-bond acceptors (Lipinski definition) is 2. The minimum atomic E-state index is -0.355. The molecule has 0 unspecified atom stereocenters. The fraction of sp³-hybridized carbons (Fsp3) is 0.278. The Morgan fingerprint density at radius 1 is 0.952 bits per heavy atom. The fourth-order valence-corrected chi connectivity index (χ4v) is 2.74. The van der Waals surface area contributed by atoms with Crippen molar-refractivity contribution in [1.82, 2.24) is 5.32 Å². The number of carbonyl (C=O) groups excluding carboxylic acids is 1. The molecule has 0 aromatic heterocycles. The van der Waals surface area contributed by atoms with Gasteiger partial charge in [0.05, 0.1) is 0 Å². The first kappa shape index (κ1) is 13.7. The molecule has 3 nitrogen and oxygen atoms in total. The number of rotatable bonds is 3. The molecule has 0 atom stereocenters. The second kappa shape index (κ2) is 6.44. The van der Waals surface area contributed by atoms with Gasteiger partial charge in [0.1, 0.15) is 5.75 Å². The summed E-state index contributed by atoms with van der Waals surface area (Å²) in [5.41, 5.74) is 2.15. The molecule has 0 spiro atoms. The van der Waals surface area contributed by atoms with Gasteiger partial charge in [-0.1, -0.05) is 55.3 Å². The van der Waals surface area contributed by atoms with Crippen LogP contribution in [0.2, 0.25) is 0 Å². The Morgan fingerprint density at radius 2 is 1.67 bits per heavy atom. The molecule has 1 aliphatic carbocycles. The quantitative estimate of drug-likeness (QED) is 0.906. The molecule has 0 heterocycles. The molecule has 3 rings (SSSR count). The van der Waals surface area contributed by atoms with E-state index in [0.29, 0.717) is 5.75 Å². The van der Waals surface area contributed by atoms with Crippen LogP contribution in [0, 0.1) is 0 Å². The van der Waals surface area contributed by atoms with Crippen molar-refractivity contribution in [3.63, 3.8) is 0 Å². The zero-order chi connectivity index (χ0) is 14.5. The van der Waals surface area contributed by atoms with Crippen LogP contribution in [0.5, 0.6) is 5.75 Å². The van der Waals surface area contributed by atoms with Gasteiger partial charge >= 0.3 is 6.09 Å². The summed E-state index contributed by atoms with van der Waals surface area (Å²) in [6.07, 6.45) is 4.13. The van der Waals surface area contributed by atoms with Gasteiger partial charge in [-0.3, -0.25) is 0 Å². The van der Waals surface area contributed by atoms with Crippen LogP contribution < -0.4 is 10.1 Å². The van der Waals surface area contributed by atoms with E-state index in [1.54, 1.807) is 6.07 Å². The van der Waals surface area contributed by atoms with E-state index in [9.17, 15) is 4.79 Å². The second-order valence-corrected chi connectivity index (χ2v) is 5.41. The summed E-state index contributed by atoms with van der Waals surface area (Å²) in [4.78, 5) is 11.9. The summed E-state index contributed by atoms with van der Waals surface area (Å²) >= 11 is 0. The van der Waals surface area contributed by atoms with Crippen LogP contribution in [0.15, 0.2) is 54.6 Å². The van der Waals surface area contributed by atoms with Gasteiger partial charge in [-0.2, -0.15) is 0 Å². The van der Waals surface area contributed by atoms with Crippen molar-refractivity contribution in [1.29, 1.82) is 0 Å². The molecule has 1 N–H and O–H groups in total. The third-order valence-electron chi connectivity index (χ3n) is 3.83. The molecule has 2 aromatic rings. The summed E-state index contributed by atoms with van der Waals surface area (Å²) in [5, 5.41) is 2.93. The van der Waals surface area contributed by atoms with E-state index in [4.69, 9.17) is 4.74 Å². The summed E-state index contributed by atoms with van der Waals surface area (Å²) < 4.78 is 5.39. The van der Waals surface area contributed by atoms with E-state index >= 15 is 0 Å². The molecule has 21 heavy (non-hydrogen) atoms. The van der Waals surface area contributed by atoms with E-state index in [1.165, 1.54) is 12.8 Å². The summed E-state index contributed by atoms with van der Waals surface area (Å²) in [6.45, 7) is 0. The molecular weight excluding hydrogens is 262 g/mol. The lowest BCUT2D eigenvalue weighted by Gasteiger charge is -2.12. The Balaban J connectivity index is 1.67. The van der Waals surface area contributed by atoms with Crippen molar-refractivity contribution in [2.45, 2.75) is 31.7 Å². The zero-order valence-corrected chi connectivity index (χ0v) is 11.9. The monoisotopic (exact) mass is 281 g/mol. The minimum absolute atomic E-state index is 0.273. The van der Waals surface area contributed by atoms with Crippen molar-refractivity contribution < 1.29 is 9.53 Å². The average molecular weight is 281 g/mol. The maximum absolute atomic E-state index is 11.9. The molecular formula is C18H19NO2. The Hall–Kier alpha value is -2.29. The van der Waals surface area contributed by atoms with E-state index in [2.05, 4.69) is 5.32 Å². The van der Waals surface area contributed by atoms with Crippen molar-refractivity contribution in [2.75, 3.05) is 0 Å². The third kappa shape index (κ3) is 3.63. The summed E-state index contributed by atoms with van der Waals surface area (Å²) in [7, 11) is 0. The average Bonchev–Trinajstić information content (AvgIpc) is 3.01. The molecule has 3 heteroatoms. The number of carbonyl (C=O) groups is 1. The van der Waals surface area contributed by atoms with Crippen LogP contribution >= 0.6 is 0 Å². The predicted octanol–water partition coefficient (Wildman–Crippen LogP) is 4.38. The molecule has 0 bridgehead atoms. The smallest absolute Gasteiger partial charge is 0.410 e. The fourth-order valence-electron chi connectivity index (χ4n) is 2.74. The predicted molar refractivity (Wildman–Crippen MR) is 83.3 cm³/mol. The van der Waals surface area contributed by atoms with Crippen LogP contribution in [0.4, 0.5) is 4.79 Å². The Labute approximate surface area is 124 Å². The first-order valence-corrected chi connectivity index (χ1v) is 7.45. The van der Waals surface area contributed by atoms with Crippen molar-refractivity contribution in [3.05, 3.63) is 54.6 Å². The van der Waals surface area contributed by atoms with E-state index in [-0.39, 0.29) is 12.1 Å². The molecule has 0 radical (unpaired) electrons. The molecule has 1 fully saturated rings. The molecule has 1 saturated carbocycles. The highest BCUT2D eigenvalue weighted by Gasteiger charge is 2.18. The van der Waals surface area contributed by atoms with Gasteiger partial charge in [0, 0.05) is 6.04 Å². The molecule has 108 valence electrons. The van der Waals surface area contributed by atoms with Gasteiger partial charge in [-0.05, 0) is 36.1 Å². The van der Waals surface area contributed by atoms with Gasteiger partial charge in [-0.15, -0.1) is 0 Å². The highest BCUT2D eigenvalue weighted by atomic mass is 16.6. The normalized spacial score (nSPS) is 14.9. The number of ether oxygens (including phenoxy) is 1. The Kier molecular flexibility index (Phi) is 4.20. The van der Waals surface area contributed by atoms with Gasteiger partial charge < -0.3 is 10.1 Å². The first-order valence-electron chi connectivity index (χ1n) is 7.45. The minimum Gasteiger partial charge on any atom is -0.410 e. The van der Waals surface area contributed by atoms with Crippen molar-refractivity contribution >= 4 is 6.09 Å². The maximum atomic E-state index is 11.9. The van der Waals surface area contributed by atoms with Crippen LogP contribution in [0.25, 0.3) is 11.1 Å². The maximum Gasteiger partial charge on any atom is 0.412 e.